The van der Waals surface area contributed by atoms with E-state index < -0.39 is 0 Å². The van der Waals surface area contributed by atoms with Crippen LogP contribution in [-0.4, -0.2) is 12.4 Å². The third kappa shape index (κ3) is 4.80. The molecule has 3 nitrogen and oxygen atoms in total. The molecule has 0 atom stereocenters. The van der Waals surface area contributed by atoms with Gasteiger partial charge in [0, 0.05) is 18.2 Å². The van der Waals surface area contributed by atoms with Crippen molar-refractivity contribution < 1.29 is 9.53 Å². The highest BCUT2D eigenvalue weighted by molar-refractivity contribution is 6.04. The molecule has 0 bridgehead atoms. The van der Waals surface area contributed by atoms with Gasteiger partial charge in [-0.05, 0) is 12.5 Å². The van der Waals surface area contributed by atoms with E-state index in [-0.39, 0.29) is 5.78 Å². The van der Waals surface area contributed by atoms with Gasteiger partial charge in [0.15, 0.2) is 11.7 Å². The molecule has 21 heavy (non-hydrogen) atoms. The Bertz CT molecular complexity index is 591. The van der Waals surface area contributed by atoms with E-state index in [0.29, 0.717) is 24.6 Å². The first-order chi connectivity index (χ1) is 10.3. The minimum atomic E-state index is -0.0698. The monoisotopic (exact) mass is 281 g/mol. The smallest absolute Gasteiger partial charge is 0.191 e. The number of ketones is 1. The number of rotatable bonds is 7. The van der Waals surface area contributed by atoms with E-state index in [1.54, 1.807) is 12.1 Å². The number of benzene rings is 2. The van der Waals surface area contributed by atoms with E-state index >= 15 is 0 Å². The quantitative estimate of drug-likeness (QED) is 0.479. The molecule has 0 aliphatic heterocycles. The van der Waals surface area contributed by atoms with Crippen LogP contribution in [0, 0.1) is 0 Å². The molecule has 0 radical (unpaired) electrons. The Labute approximate surface area is 125 Å². The van der Waals surface area contributed by atoms with Crippen LogP contribution in [0.15, 0.2) is 72.6 Å². The highest BCUT2D eigenvalue weighted by atomic mass is 16.5. The maximum atomic E-state index is 12.1. The Balaban J connectivity index is 2.04. The molecule has 0 amide bonds. The first kappa shape index (κ1) is 14.9. The summed E-state index contributed by atoms with van der Waals surface area (Å²) in [6.45, 7) is 3.02. The fourth-order valence-corrected chi connectivity index (χ4v) is 1.89. The normalized spacial score (nSPS) is 11.0. The molecule has 0 heterocycles. The largest absolute Gasteiger partial charge is 0.479 e. The molecule has 1 N–H and O–H groups in total. The summed E-state index contributed by atoms with van der Waals surface area (Å²) in [4.78, 5) is 12.1. The average molecular weight is 281 g/mol. The number of nitrogens with one attached hydrogen (secondary N) is 1. The maximum absolute atomic E-state index is 12.1. The van der Waals surface area contributed by atoms with E-state index in [1.807, 2.05) is 55.5 Å². The van der Waals surface area contributed by atoms with Crippen LogP contribution in [0.1, 0.15) is 22.8 Å². The zero-order chi connectivity index (χ0) is 14.9. The predicted molar refractivity (Wildman–Crippen MR) is 83.8 cm³/mol. The van der Waals surface area contributed by atoms with Crippen LogP contribution in [-0.2, 0) is 11.3 Å². The van der Waals surface area contributed by atoms with Crippen LogP contribution in [0.5, 0.6) is 0 Å². The summed E-state index contributed by atoms with van der Waals surface area (Å²) in [6, 6.07) is 19.1. The zero-order valence-electron chi connectivity index (χ0n) is 12.1. The van der Waals surface area contributed by atoms with Crippen molar-refractivity contribution in [2.24, 2.45) is 0 Å². The van der Waals surface area contributed by atoms with Gasteiger partial charge in [-0.3, -0.25) is 4.79 Å². The third-order valence-electron chi connectivity index (χ3n) is 2.93. The van der Waals surface area contributed by atoms with E-state index in [4.69, 9.17) is 4.74 Å². The minimum absolute atomic E-state index is 0.0698. The summed E-state index contributed by atoms with van der Waals surface area (Å²) in [5.41, 5.74) is 1.78. The molecule has 0 saturated carbocycles. The van der Waals surface area contributed by atoms with E-state index in [9.17, 15) is 4.79 Å². The Morgan fingerprint density at radius 3 is 2.29 bits per heavy atom. The van der Waals surface area contributed by atoms with Gasteiger partial charge in [-0.1, -0.05) is 60.7 Å². The van der Waals surface area contributed by atoms with Gasteiger partial charge < -0.3 is 10.1 Å². The van der Waals surface area contributed by atoms with Crippen molar-refractivity contribution in [2.75, 3.05) is 6.61 Å². The van der Waals surface area contributed by atoms with E-state index in [2.05, 4.69) is 5.32 Å². The standard InChI is InChI=1S/C18H19NO2/c1-2-21-18(19-14-15-9-5-3-6-10-15)13-17(20)16-11-7-4-8-12-16/h3-13,19H,2,14H2,1H3/b18-13-. The molecule has 2 rings (SSSR count). The van der Waals surface area contributed by atoms with Crippen LogP contribution >= 0.6 is 0 Å². The average Bonchev–Trinajstić information content (AvgIpc) is 2.54. The van der Waals surface area contributed by atoms with Crippen molar-refractivity contribution in [3.63, 3.8) is 0 Å². The van der Waals surface area contributed by atoms with Gasteiger partial charge in [-0.15, -0.1) is 0 Å². The number of carbonyl (C=O) groups excluding carboxylic acids is 1. The second-order valence-electron chi connectivity index (χ2n) is 4.51. The maximum Gasteiger partial charge on any atom is 0.191 e. The third-order valence-corrected chi connectivity index (χ3v) is 2.93. The molecule has 0 spiro atoms. The molecule has 108 valence electrons. The van der Waals surface area contributed by atoms with Gasteiger partial charge in [0.25, 0.3) is 0 Å². The van der Waals surface area contributed by atoms with Crippen molar-refractivity contribution in [1.82, 2.24) is 5.32 Å². The van der Waals surface area contributed by atoms with Crippen LogP contribution in [0.4, 0.5) is 0 Å². The van der Waals surface area contributed by atoms with Crippen molar-refractivity contribution in [1.29, 1.82) is 0 Å². The first-order valence-electron chi connectivity index (χ1n) is 7.01. The summed E-state index contributed by atoms with van der Waals surface area (Å²) in [5.74, 6) is 0.426. The van der Waals surface area contributed by atoms with Crippen molar-refractivity contribution in [2.45, 2.75) is 13.5 Å². The number of carbonyl (C=O) groups is 1. The fourth-order valence-electron chi connectivity index (χ4n) is 1.89. The molecule has 3 heteroatoms. The Hall–Kier alpha value is -2.55. The molecule has 2 aromatic rings. The van der Waals surface area contributed by atoms with Gasteiger partial charge in [-0.25, -0.2) is 0 Å². The summed E-state index contributed by atoms with van der Waals surface area (Å²) >= 11 is 0. The summed E-state index contributed by atoms with van der Waals surface area (Å²) < 4.78 is 5.49. The number of hydrogen-bond donors (Lipinski definition) is 1. The zero-order valence-corrected chi connectivity index (χ0v) is 12.1. The van der Waals surface area contributed by atoms with Gasteiger partial charge >= 0.3 is 0 Å². The van der Waals surface area contributed by atoms with Crippen molar-refractivity contribution in [3.8, 4) is 0 Å². The summed E-state index contributed by atoms with van der Waals surface area (Å²) in [7, 11) is 0. The van der Waals surface area contributed by atoms with Gasteiger partial charge in [0.2, 0.25) is 0 Å². The van der Waals surface area contributed by atoms with Gasteiger partial charge in [-0.2, -0.15) is 0 Å². The molecule has 0 aromatic heterocycles. The summed E-state index contributed by atoms with van der Waals surface area (Å²) in [6.07, 6.45) is 1.50. The minimum Gasteiger partial charge on any atom is -0.479 e. The molecule has 0 saturated heterocycles. The number of hydrogen-bond acceptors (Lipinski definition) is 3. The van der Waals surface area contributed by atoms with Gasteiger partial charge in [0.05, 0.1) is 6.61 Å². The topological polar surface area (TPSA) is 38.3 Å². The molecule has 0 aliphatic rings. The van der Waals surface area contributed by atoms with Crippen molar-refractivity contribution >= 4 is 5.78 Å². The lowest BCUT2D eigenvalue weighted by Crippen LogP contribution is -2.17. The van der Waals surface area contributed by atoms with Crippen LogP contribution in [0.2, 0.25) is 0 Å². The number of allylic oxidation sites excluding steroid dienone is 1. The van der Waals surface area contributed by atoms with Crippen LogP contribution in [0.25, 0.3) is 0 Å². The lowest BCUT2D eigenvalue weighted by atomic mass is 10.1. The SMILES string of the molecule is CCO/C(=C\C(=O)c1ccccc1)NCc1ccccc1. The predicted octanol–water partition coefficient (Wildman–Crippen LogP) is 3.54. The van der Waals surface area contributed by atoms with Crippen LogP contribution in [0.3, 0.4) is 0 Å². The van der Waals surface area contributed by atoms with E-state index in [1.165, 1.54) is 6.08 Å². The van der Waals surface area contributed by atoms with Gasteiger partial charge in [0.1, 0.15) is 0 Å². The first-order valence-corrected chi connectivity index (χ1v) is 7.01. The lowest BCUT2D eigenvalue weighted by Gasteiger charge is -2.11. The summed E-state index contributed by atoms with van der Waals surface area (Å²) in [5, 5.41) is 3.16. The molecule has 0 unspecified atom stereocenters. The Morgan fingerprint density at radius 2 is 1.67 bits per heavy atom. The molecular weight excluding hydrogens is 262 g/mol. The lowest BCUT2D eigenvalue weighted by molar-refractivity contribution is 0.103. The highest BCUT2D eigenvalue weighted by Gasteiger charge is 2.05. The Morgan fingerprint density at radius 1 is 1.05 bits per heavy atom. The molecule has 2 aromatic carbocycles. The second-order valence-corrected chi connectivity index (χ2v) is 4.51. The fraction of sp³-hybridized carbons (Fsp3) is 0.167. The Kier molecular flexibility index (Phi) is 5.59. The van der Waals surface area contributed by atoms with Crippen LogP contribution < -0.4 is 5.32 Å². The molecule has 0 aliphatic carbocycles. The molecular formula is C18H19NO2. The highest BCUT2D eigenvalue weighted by Crippen LogP contribution is 2.05. The van der Waals surface area contributed by atoms with Crippen molar-refractivity contribution in [3.05, 3.63) is 83.7 Å². The number of ether oxygens (including phenoxy) is 1. The molecule has 0 fully saturated rings. The van der Waals surface area contributed by atoms with E-state index in [0.717, 1.165) is 5.56 Å². The second kappa shape index (κ2) is 7.90.